The molecule has 0 bridgehead atoms. The van der Waals surface area contributed by atoms with Gasteiger partial charge in [0.15, 0.2) is 11.3 Å². The number of benzene rings is 1. The number of halogens is 2. The van der Waals surface area contributed by atoms with E-state index in [2.05, 4.69) is 26.3 Å². The summed E-state index contributed by atoms with van der Waals surface area (Å²) in [5.41, 5.74) is 3.45. The molecule has 1 fully saturated rings. The van der Waals surface area contributed by atoms with E-state index in [9.17, 15) is 12.8 Å². The van der Waals surface area contributed by atoms with Gasteiger partial charge in [0, 0.05) is 24.0 Å². The first-order chi connectivity index (χ1) is 14.9. The summed E-state index contributed by atoms with van der Waals surface area (Å²) < 4.78 is 46.6. The predicted molar refractivity (Wildman–Crippen MR) is 114 cm³/mol. The van der Waals surface area contributed by atoms with E-state index in [4.69, 9.17) is 15.8 Å². The summed E-state index contributed by atoms with van der Waals surface area (Å²) in [6.07, 6.45) is 6.92. The zero-order chi connectivity index (χ0) is 21.8. The Morgan fingerprint density at radius 1 is 1.26 bits per heavy atom. The first kappa shape index (κ1) is 20.4. The van der Waals surface area contributed by atoms with Crippen LogP contribution < -0.4 is 0 Å². The number of imidazole rings is 1. The van der Waals surface area contributed by atoms with Crippen LogP contribution >= 0.6 is 11.6 Å². The fraction of sp³-hybridized carbons (Fsp3) is 0.333. The molecule has 7 nitrogen and oxygen atoms in total. The van der Waals surface area contributed by atoms with Crippen molar-refractivity contribution in [3.63, 3.8) is 0 Å². The molecule has 162 valence electrons. The van der Waals surface area contributed by atoms with Gasteiger partial charge < -0.3 is 4.98 Å². The third-order valence-corrected chi connectivity index (χ3v) is 7.72. The van der Waals surface area contributed by atoms with Crippen molar-refractivity contribution in [1.29, 1.82) is 0 Å². The van der Waals surface area contributed by atoms with Gasteiger partial charge >= 0.3 is 0 Å². The first-order valence-corrected chi connectivity index (χ1v) is 11.8. The fourth-order valence-electron chi connectivity index (χ4n) is 4.59. The molecule has 10 heteroatoms. The summed E-state index contributed by atoms with van der Waals surface area (Å²) in [4.78, 5) is 11.8. The second kappa shape index (κ2) is 7.58. The molecule has 3 atom stereocenters. The van der Waals surface area contributed by atoms with Crippen LogP contribution in [0.4, 0.5) is 4.39 Å². The quantitative estimate of drug-likeness (QED) is 0.435. The number of H-pyrrole nitrogens is 1. The number of nitrogens with one attached hydrogen (secondary N) is 1. The fourth-order valence-corrected chi connectivity index (χ4v) is 5.96. The Balaban J connectivity index is 1.46. The minimum atomic E-state index is -4.06. The molecule has 1 aliphatic carbocycles. The molecule has 1 N–H and O–H groups in total. The number of nitrogens with zero attached hydrogens (tertiary/aromatic N) is 3. The van der Waals surface area contributed by atoms with Gasteiger partial charge in [-0.25, -0.2) is 14.4 Å². The molecule has 3 heterocycles. The van der Waals surface area contributed by atoms with E-state index in [1.807, 2.05) is 18.5 Å². The predicted octanol–water partition coefficient (Wildman–Crippen LogP) is 4.68. The number of aromatic nitrogens is 4. The van der Waals surface area contributed by atoms with Crippen LogP contribution in [-0.4, -0.2) is 33.9 Å². The van der Waals surface area contributed by atoms with Crippen molar-refractivity contribution in [1.82, 2.24) is 19.4 Å². The van der Waals surface area contributed by atoms with Crippen LogP contribution in [-0.2, 0) is 14.3 Å². The lowest BCUT2D eigenvalue weighted by Gasteiger charge is -2.17. The maximum atomic E-state index is 13.4. The Hall–Kier alpha value is -2.49. The highest BCUT2D eigenvalue weighted by atomic mass is 35.5. The van der Waals surface area contributed by atoms with Gasteiger partial charge in [0.1, 0.15) is 5.82 Å². The second-order valence-corrected chi connectivity index (χ2v) is 9.82. The van der Waals surface area contributed by atoms with Crippen molar-refractivity contribution in [2.24, 2.45) is 5.92 Å². The lowest BCUT2D eigenvalue weighted by molar-refractivity contribution is 0.210. The SMILES string of the molecule is CC[C@@H]1C[C@H](OS(=O)(=O)c2ccc(F)c(Cl)c2)C[C@@H]1c1cnc2cnc3[nH]ccc3n12. The molecule has 3 aromatic heterocycles. The van der Waals surface area contributed by atoms with Crippen molar-refractivity contribution < 1.29 is 17.0 Å². The Morgan fingerprint density at radius 3 is 2.87 bits per heavy atom. The lowest BCUT2D eigenvalue weighted by Crippen LogP contribution is -2.16. The lowest BCUT2D eigenvalue weighted by atomic mass is 9.91. The second-order valence-electron chi connectivity index (χ2n) is 7.84. The summed E-state index contributed by atoms with van der Waals surface area (Å²) in [6, 6.07) is 5.23. The Kier molecular flexibility index (Phi) is 4.99. The Labute approximate surface area is 183 Å². The summed E-state index contributed by atoms with van der Waals surface area (Å²) in [7, 11) is -4.06. The van der Waals surface area contributed by atoms with Gasteiger partial charge in [-0.1, -0.05) is 24.9 Å². The topological polar surface area (TPSA) is 89.3 Å². The van der Waals surface area contributed by atoms with Crippen LogP contribution in [0.5, 0.6) is 0 Å². The van der Waals surface area contributed by atoms with Gasteiger partial charge in [0.25, 0.3) is 10.1 Å². The van der Waals surface area contributed by atoms with Crippen LogP contribution in [0.3, 0.4) is 0 Å². The number of hydrogen-bond donors (Lipinski definition) is 1. The average Bonchev–Trinajstić information content (AvgIpc) is 3.45. The molecule has 0 aliphatic heterocycles. The number of hydrogen-bond acceptors (Lipinski definition) is 5. The minimum absolute atomic E-state index is 0.0810. The molecule has 1 saturated carbocycles. The molecule has 0 unspecified atom stereocenters. The average molecular weight is 463 g/mol. The van der Waals surface area contributed by atoms with Gasteiger partial charge in [0.2, 0.25) is 0 Å². The molecule has 0 spiro atoms. The van der Waals surface area contributed by atoms with E-state index < -0.39 is 22.0 Å². The van der Waals surface area contributed by atoms with Gasteiger partial charge in [-0.2, -0.15) is 8.42 Å². The monoisotopic (exact) mass is 462 g/mol. The zero-order valence-electron chi connectivity index (χ0n) is 16.6. The summed E-state index contributed by atoms with van der Waals surface area (Å²) >= 11 is 5.75. The number of fused-ring (bicyclic) bond motifs is 3. The molecule has 5 rings (SSSR count). The van der Waals surface area contributed by atoms with E-state index in [0.717, 1.165) is 41.1 Å². The van der Waals surface area contributed by atoms with Crippen molar-refractivity contribution in [2.45, 2.75) is 43.1 Å². The Bertz CT molecular complexity index is 1380. The molecule has 1 aliphatic rings. The molecular weight excluding hydrogens is 443 g/mol. The van der Waals surface area contributed by atoms with E-state index in [0.29, 0.717) is 12.8 Å². The van der Waals surface area contributed by atoms with Crippen molar-refractivity contribution in [3.8, 4) is 0 Å². The molecule has 31 heavy (non-hydrogen) atoms. The molecule has 4 aromatic rings. The molecule has 1 aromatic carbocycles. The number of rotatable bonds is 5. The van der Waals surface area contributed by atoms with Crippen LogP contribution in [0.25, 0.3) is 16.8 Å². The van der Waals surface area contributed by atoms with E-state index in [1.165, 1.54) is 6.07 Å². The highest BCUT2D eigenvalue weighted by Crippen LogP contribution is 2.44. The standard InChI is InChI=1S/C21H20ClFN4O3S/c1-2-12-7-13(30-31(28,29)14-3-4-17(23)16(22)9-14)8-15(12)19-10-25-20-11-26-21-18(27(19)20)5-6-24-21/h3-6,9-13,15,24H,2,7-8H2,1H3/t12-,13+,15+/m1/s1. The van der Waals surface area contributed by atoms with Gasteiger partial charge in [-0.05, 0) is 43.0 Å². The first-order valence-electron chi connectivity index (χ1n) is 10.0. The van der Waals surface area contributed by atoms with Crippen LogP contribution in [0, 0.1) is 11.7 Å². The molecule has 0 radical (unpaired) electrons. The van der Waals surface area contributed by atoms with Crippen LogP contribution in [0.1, 0.15) is 37.8 Å². The van der Waals surface area contributed by atoms with E-state index in [-0.39, 0.29) is 21.8 Å². The zero-order valence-corrected chi connectivity index (χ0v) is 18.2. The summed E-state index contributed by atoms with van der Waals surface area (Å²) in [5, 5.41) is -0.254. The largest absolute Gasteiger partial charge is 0.345 e. The van der Waals surface area contributed by atoms with Crippen LogP contribution in [0.15, 0.2) is 47.8 Å². The Morgan fingerprint density at radius 2 is 2.10 bits per heavy atom. The maximum Gasteiger partial charge on any atom is 0.297 e. The third kappa shape index (κ3) is 3.50. The van der Waals surface area contributed by atoms with Crippen molar-refractivity contribution in [2.75, 3.05) is 0 Å². The smallest absolute Gasteiger partial charge is 0.297 e. The van der Waals surface area contributed by atoms with Gasteiger partial charge in [-0.15, -0.1) is 0 Å². The maximum absolute atomic E-state index is 13.4. The normalized spacial score (nSPS) is 22.0. The van der Waals surface area contributed by atoms with Crippen molar-refractivity contribution in [3.05, 3.63) is 59.4 Å². The molecular formula is C21H20ClFN4O3S. The van der Waals surface area contributed by atoms with Crippen molar-refractivity contribution >= 4 is 38.5 Å². The molecule has 0 saturated heterocycles. The van der Waals surface area contributed by atoms with Gasteiger partial charge in [0.05, 0.1) is 27.7 Å². The highest BCUT2D eigenvalue weighted by molar-refractivity contribution is 7.86. The third-order valence-electron chi connectivity index (χ3n) is 6.07. The number of aromatic amines is 1. The van der Waals surface area contributed by atoms with E-state index in [1.54, 1.807) is 6.20 Å². The summed E-state index contributed by atoms with van der Waals surface area (Å²) in [5.74, 6) is -0.359. The summed E-state index contributed by atoms with van der Waals surface area (Å²) in [6.45, 7) is 2.09. The van der Waals surface area contributed by atoms with Gasteiger partial charge in [-0.3, -0.25) is 8.58 Å². The van der Waals surface area contributed by atoms with E-state index >= 15 is 0 Å². The van der Waals surface area contributed by atoms with Crippen LogP contribution in [0.2, 0.25) is 5.02 Å². The molecule has 0 amide bonds. The highest BCUT2D eigenvalue weighted by Gasteiger charge is 2.39. The minimum Gasteiger partial charge on any atom is -0.345 e.